The highest BCUT2D eigenvalue weighted by Crippen LogP contribution is 2.36. The van der Waals surface area contributed by atoms with Crippen LogP contribution in [0.1, 0.15) is 59.1 Å². The molecule has 1 fully saturated rings. The summed E-state index contributed by atoms with van der Waals surface area (Å²) in [5.41, 5.74) is -0.0495. The van der Waals surface area contributed by atoms with Crippen LogP contribution in [0.15, 0.2) is 27.5 Å². The lowest BCUT2D eigenvalue weighted by molar-refractivity contribution is 0.0928. The van der Waals surface area contributed by atoms with Gasteiger partial charge in [-0.3, -0.25) is 9.69 Å². The number of aromatic nitrogens is 1. The van der Waals surface area contributed by atoms with Crippen molar-refractivity contribution in [1.82, 2.24) is 9.47 Å². The maximum atomic E-state index is 13.4. The summed E-state index contributed by atoms with van der Waals surface area (Å²) >= 11 is 3.50. The van der Waals surface area contributed by atoms with E-state index < -0.39 is 11.6 Å². The number of halogens is 1. The van der Waals surface area contributed by atoms with Crippen molar-refractivity contribution in [3.8, 4) is 5.75 Å². The Morgan fingerprint density at radius 3 is 2.57 bits per heavy atom. The van der Waals surface area contributed by atoms with E-state index in [1.54, 1.807) is 4.57 Å². The van der Waals surface area contributed by atoms with Crippen LogP contribution in [0.25, 0.3) is 10.8 Å². The minimum Gasteiger partial charge on any atom is -0.491 e. The van der Waals surface area contributed by atoms with Crippen molar-refractivity contribution in [1.29, 1.82) is 0 Å². The highest BCUT2D eigenvalue weighted by Gasteiger charge is 2.31. The predicted octanol–water partition coefficient (Wildman–Crippen LogP) is 5.63. The lowest BCUT2D eigenvalue weighted by Gasteiger charge is -2.34. The van der Waals surface area contributed by atoms with Gasteiger partial charge in [0.1, 0.15) is 5.75 Å². The van der Waals surface area contributed by atoms with E-state index in [9.17, 15) is 14.7 Å². The van der Waals surface area contributed by atoms with E-state index in [1.165, 1.54) is 4.90 Å². The largest absolute Gasteiger partial charge is 0.491 e. The van der Waals surface area contributed by atoms with Crippen molar-refractivity contribution in [3.05, 3.63) is 38.7 Å². The molecule has 1 N–H and O–H groups in total. The van der Waals surface area contributed by atoms with Gasteiger partial charge in [0.05, 0.1) is 24.2 Å². The van der Waals surface area contributed by atoms with Crippen LogP contribution in [0.5, 0.6) is 5.75 Å². The summed E-state index contributed by atoms with van der Waals surface area (Å²) in [6.07, 6.45) is 3.05. The molecule has 2 aromatic rings. The van der Waals surface area contributed by atoms with Crippen molar-refractivity contribution < 1.29 is 14.6 Å². The number of amides is 1. The molecule has 30 heavy (non-hydrogen) atoms. The first-order valence-corrected chi connectivity index (χ1v) is 11.4. The van der Waals surface area contributed by atoms with E-state index in [1.807, 2.05) is 39.0 Å². The van der Waals surface area contributed by atoms with Gasteiger partial charge >= 0.3 is 6.09 Å². The van der Waals surface area contributed by atoms with Gasteiger partial charge in [-0.05, 0) is 64.2 Å². The average molecular weight is 479 g/mol. The van der Waals surface area contributed by atoms with Crippen molar-refractivity contribution in [2.75, 3.05) is 6.61 Å². The first kappa shape index (κ1) is 22.7. The second kappa shape index (κ2) is 9.00. The summed E-state index contributed by atoms with van der Waals surface area (Å²) in [5, 5.41) is 11.2. The lowest BCUT2D eigenvalue weighted by atomic mass is 10.0. The molecule has 1 saturated carbocycles. The van der Waals surface area contributed by atoms with E-state index in [2.05, 4.69) is 22.9 Å². The minimum atomic E-state index is -1.01. The fraction of sp³-hybridized carbons (Fsp3) is 0.565. The van der Waals surface area contributed by atoms with E-state index >= 15 is 0 Å². The second-order valence-corrected chi connectivity index (χ2v) is 9.98. The summed E-state index contributed by atoms with van der Waals surface area (Å²) in [6, 6.07) is 5.57. The van der Waals surface area contributed by atoms with E-state index in [0.29, 0.717) is 35.9 Å². The number of unbranched alkanes of at least 4 members (excludes halogenated alkanes) is 1. The monoisotopic (exact) mass is 478 g/mol. The van der Waals surface area contributed by atoms with Crippen LogP contribution in [-0.4, -0.2) is 32.8 Å². The Morgan fingerprint density at radius 2 is 2.00 bits per heavy atom. The van der Waals surface area contributed by atoms with E-state index in [-0.39, 0.29) is 12.1 Å². The highest BCUT2D eigenvalue weighted by atomic mass is 79.9. The van der Waals surface area contributed by atoms with Crippen molar-refractivity contribution >= 4 is 32.8 Å². The molecule has 1 heterocycles. The van der Waals surface area contributed by atoms with Gasteiger partial charge in [0.15, 0.2) is 0 Å². The topological polar surface area (TPSA) is 71.8 Å². The number of nitrogens with zero attached hydrogens (tertiary/aromatic N) is 2. The van der Waals surface area contributed by atoms with Gasteiger partial charge in [-0.2, -0.15) is 0 Å². The van der Waals surface area contributed by atoms with Crippen LogP contribution >= 0.6 is 15.9 Å². The van der Waals surface area contributed by atoms with Gasteiger partial charge < -0.3 is 14.4 Å². The molecule has 6 nitrogen and oxygen atoms in total. The van der Waals surface area contributed by atoms with Crippen LogP contribution in [0, 0.1) is 5.92 Å². The smallest absolute Gasteiger partial charge is 0.408 e. The van der Waals surface area contributed by atoms with Crippen LogP contribution in [0.3, 0.4) is 0 Å². The molecule has 0 saturated heterocycles. The molecular weight excluding hydrogens is 448 g/mol. The van der Waals surface area contributed by atoms with Crippen molar-refractivity contribution in [2.24, 2.45) is 5.92 Å². The fourth-order valence-corrected chi connectivity index (χ4v) is 3.93. The minimum absolute atomic E-state index is 0.0820. The van der Waals surface area contributed by atoms with Crippen molar-refractivity contribution in [2.45, 2.75) is 72.0 Å². The third-order valence-corrected chi connectivity index (χ3v) is 6.01. The van der Waals surface area contributed by atoms with Gasteiger partial charge in [0, 0.05) is 21.9 Å². The number of carboxylic acid groups (broad SMARTS) is 1. The highest BCUT2D eigenvalue weighted by molar-refractivity contribution is 9.10. The Labute approximate surface area is 186 Å². The van der Waals surface area contributed by atoms with Crippen LogP contribution in [0.4, 0.5) is 4.79 Å². The molecule has 0 unspecified atom stereocenters. The fourth-order valence-electron chi connectivity index (χ4n) is 3.57. The molecule has 1 aromatic carbocycles. The quantitative estimate of drug-likeness (QED) is 0.498. The van der Waals surface area contributed by atoms with Gasteiger partial charge in [-0.15, -0.1) is 0 Å². The van der Waals surface area contributed by atoms with Crippen LogP contribution in [0.2, 0.25) is 0 Å². The predicted molar refractivity (Wildman–Crippen MR) is 122 cm³/mol. The molecule has 1 aromatic heterocycles. The summed E-state index contributed by atoms with van der Waals surface area (Å²) in [6.45, 7) is 8.90. The molecule has 0 atom stereocenters. The Bertz CT molecular complexity index is 989. The number of rotatable bonds is 8. The lowest BCUT2D eigenvalue weighted by Crippen LogP contribution is -2.45. The molecular formula is C23H31BrN2O4. The molecule has 0 radical (unpaired) electrons. The zero-order chi connectivity index (χ0) is 22.1. The molecule has 164 valence electrons. The first-order valence-electron chi connectivity index (χ1n) is 10.6. The summed E-state index contributed by atoms with van der Waals surface area (Å²) in [5.74, 6) is 1.08. The number of hydrogen-bond acceptors (Lipinski definition) is 3. The summed E-state index contributed by atoms with van der Waals surface area (Å²) in [4.78, 5) is 26.9. The van der Waals surface area contributed by atoms with Crippen molar-refractivity contribution in [3.63, 3.8) is 0 Å². The third-order valence-electron chi connectivity index (χ3n) is 5.52. The average Bonchev–Trinajstić information content (AvgIpc) is 3.47. The van der Waals surface area contributed by atoms with Crippen LogP contribution < -0.4 is 10.3 Å². The summed E-state index contributed by atoms with van der Waals surface area (Å²) < 4.78 is 8.85. The van der Waals surface area contributed by atoms with Gasteiger partial charge in [-0.25, -0.2) is 4.79 Å². The number of carbonyl (C=O) groups is 1. The maximum Gasteiger partial charge on any atom is 0.408 e. The molecule has 7 heteroatoms. The van der Waals surface area contributed by atoms with E-state index in [4.69, 9.17) is 4.74 Å². The molecule has 0 spiro atoms. The number of hydrogen-bond donors (Lipinski definition) is 1. The van der Waals surface area contributed by atoms with Gasteiger partial charge in [0.25, 0.3) is 5.56 Å². The second-order valence-electron chi connectivity index (χ2n) is 9.07. The number of pyridine rings is 1. The normalized spacial score (nSPS) is 14.2. The zero-order valence-electron chi connectivity index (χ0n) is 18.2. The molecule has 1 amide bonds. The number of fused-ring (bicyclic) bond motifs is 1. The summed E-state index contributed by atoms with van der Waals surface area (Å²) in [7, 11) is 0. The Balaban J connectivity index is 2.24. The maximum absolute atomic E-state index is 13.4. The van der Waals surface area contributed by atoms with Gasteiger partial charge in [0.2, 0.25) is 0 Å². The molecule has 1 aliphatic carbocycles. The SMILES string of the molecule is CCCCOc1c(CN(C(=O)O)C(C)(C)C)n(CC2CC2)c(=O)c2ccc(Br)cc12. The number of benzene rings is 1. The molecule has 0 bridgehead atoms. The Hall–Kier alpha value is -2.02. The Morgan fingerprint density at radius 1 is 1.30 bits per heavy atom. The molecule has 0 aliphatic heterocycles. The first-order chi connectivity index (χ1) is 14.1. The van der Waals surface area contributed by atoms with Gasteiger partial charge in [-0.1, -0.05) is 29.3 Å². The third kappa shape index (κ3) is 4.99. The molecule has 3 rings (SSSR count). The van der Waals surface area contributed by atoms with E-state index in [0.717, 1.165) is 35.5 Å². The van der Waals surface area contributed by atoms with Crippen LogP contribution in [-0.2, 0) is 13.1 Å². The molecule has 1 aliphatic rings. The standard InChI is InChI=1S/C23H31BrN2O4/c1-5-6-11-30-20-18-12-16(24)9-10-17(18)21(27)25(13-15-7-8-15)19(20)14-26(22(28)29)23(2,3)4/h9-10,12,15H,5-8,11,13-14H2,1-4H3,(H,28,29). The Kier molecular flexibility index (Phi) is 6.80. The number of ether oxygens (including phenoxy) is 1. The zero-order valence-corrected chi connectivity index (χ0v) is 19.8.